The minimum Gasteiger partial charge on any atom is -0.497 e. The summed E-state index contributed by atoms with van der Waals surface area (Å²) in [7, 11) is 1.61. The maximum absolute atomic E-state index is 12.5. The van der Waals surface area contributed by atoms with E-state index in [-0.39, 0.29) is 11.5 Å². The van der Waals surface area contributed by atoms with Crippen molar-refractivity contribution in [2.75, 3.05) is 20.2 Å². The van der Waals surface area contributed by atoms with Crippen molar-refractivity contribution in [1.29, 1.82) is 0 Å². The van der Waals surface area contributed by atoms with Gasteiger partial charge in [-0.3, -0.25) is 14.7 Å². The van der Waals surface area contributed by atoms with E-state index < -0.39 is 6.10 Å². The van der Waals surface area contributed by atoms with E-state index in [1.165, 1.54) is 0 Å². The number of aliphatic hydroxyl groups is 1. The Bertz CT molecular complexity index is 995. The number of fused-ring (bicyclic) bond motifs is 1. The lowest BCUT2D eigenvalue weighted by Gasteiger charge is -2.33. The average molecular weight is 379 g/mol. The highest BCUT2D eigenvalue weighted by atomic mass is 16.5. The lowest BCUT2D eigenvalue weighted by atomic mass is 9.89. The van der Waals surface area contributed by atoms with Crippen LogP contribution in [0, 0.1) is 5.92 Å². The van der Waals surface area contributed by atoms with Crippen molar-refractivity contribution < 1.29 is 9.84 Å². The number of likely N-dealkylation sites (tertiary alicyclic amines) is 1. The van der Waals surface area contributed by atoms with Crippen LogP contribution in [-0.4, -0.2) is 40.2 Å². The molecule has 0 unspecified atom stereocenters. The molecule has 1 aromatic carbocycles. The van der Waals surface area contributed by atoms with E-state index >= 15 is 0 Å². The number of pyridine rings is 2. The molecule has 2 N–H and O–H groups in total. The number of nitrogens with one attached hydrogen (secondary N) is 1. The van der Waals surface area contributed by atoms with Crippen molar-refractivity contribution in [2.24, 2.45) is 5.92 Å². The van der Waals surface area contributed by atoms with Crippen LogP contribution in [0.1, 0.15) is 30.2 Å². The highest BCUT2D eigenvalue weighted by molar-refractivity contribution is 5.80. The number of hydrogen-bond acceptors (Lipinski definition) is 5. The Morgan fingerprint density at radius 1 is 1.25 bits per heavy atom. The van der Waals surface area contributed by atoms with Gasteiger partial charge in [-0.15, -0.1) is 0 Å². The molecule has 1 aliphatic rings. The van der Waals surface area contributed by atoms with Crippen LogP contribution >= 0.6 is 0 Å². The Balaban J connectivity index is 1.42. The molecule has 28 heavy (non-hydrogen) atoms. The van der Waals surface area contributed by atoms with Gasteiger partial charge < -0.3 is 14.8 Å². The molecule has 3 heterocycles. The molecular formula is C22H25N3O3. The van der Waals surface area contributed by atoms with Crippen LogP contribution in [0.25, 0.3) is 10.9 Å². The molecule has 2 aromatic heterocycles. The second kappa shape index (κ2) is 8.12. The van der Waals surface area contributed by atoms with Gasteiger partial charge in [0.15, 0.2) is 0 Å². The normalized spacial score (nSPS) is 16.9. The van der Waals surface area contributed by atoms with Gasteiger partial charge in [-0.1, -0.05) is 6.07 Å². The molecule has 0 amide bonds. The van der Waals surface area contributed by atoms with Crippen LogP contribution in [0.3, 0.4) is 0 Å². The van der Waals surface area contributed by atoms with Gasteiger partial charge in [0, 0.05) is 24.4 Å². The number of benzene rings is 1. The van der Waals surface area contributed by atoms with Crippen LogP contribution < -0.4 is 10.3 Å². The minimum absolute atomic E-state index is 0.0589. The second-order valence-corrected chi connectivity index (χ2v) is 7.39. The van der Waals surface area contributed by atoms with Gasteiger partial charge in [0.05, 0.1) is 24.4 Å². The van der Waals surface area contributed by atoms with Gasteiger partial charge in [-0.05, 0) is 67.6 Å². The summed E-state index contributed by atoms with van der Waals surface area (Å²) in [5.74, 6) is 0.929. The quantitative estimate of drug-likeness (QED) is 0.713. The molecule has 0 spiro atoms. The monoisotopic (exact) mass is 379 g/mol. The van der Waals surface area contributed by atoms with Gasteiger partial charge in [-0.25, -0.2) is 0 Å². The van der Waals surface area contributed by atoms with Crippen LogP contribution in [-0.2, 0) is 6.54 Å². The predicted octanol–water partition coefficient (Wildman–Crippen LogP) is 2.88. The third-order valence-electron chi connectivity index (χ3n) is 5.59. The van der Waals surface area contributed by atoms with Crippen LogP contribution in [0.4, 0.5) is 0 Å². The Hall–Kier alpha value is -2.70. The molecule has 0 bridgehead atoms. The lowest BCUT2D eigenvalue weighted by molar-refractivity contribution is 0.0539. The zero-order valence-electron chi connectivity index (χ0n) is 16.0. The Morgan fingerprint density at radius 2 is 2.07 bits per heavy atom. The SMILES string of the molecule is COc1ccc2cc(CN3CCC([C@H](O)c4ccccn4)CC3)c(=O)[nH]c2c1. The van der Waals surface area contributed by atoms with Crippen molar-refractivity contribution in [3.63, 3.8) is 0 Å². The Kier molecular flexibility index (Phi) is 5.41. The largest absolute Gasteiger partial charge is 0.497 e. The van der Waals surface area contributed by atoms with Gasteiger partial charge in [0.1, 0.15) is 5.75 Å². The van der Waals surface area contributed by atoms with E-state index in [0.717, 1.165) is 53.8 Å². The molecule has 0 radical (unpaired) electrons. The topological polar surface area (TPSA) is 78.5 Å². The van der Waals surface area contributed by atoms with Gasteiger partial charge in [-0.2, -0.15) is 0 Å². The number of piperidine rings is 1. The highest BCUT2D eigenvalue weighted by Gasteiger charge is 2.27. The number of hydrogen-bond donors (Lipinski definition) is 2. The Morgan fingerprint density at radius 3 is 2.79 bits per heavy atom. The number of aromatic nitrogens is 2. The number of ether oxygens (including phenoxy) is 1. The summed E-state index contributed by atoms with van der Waals surface area (Å²) in [5.41, 5.74) is 2.23. The van der Waals surface area contributed by atoms with Gasteiger partial charge >= 0.3 is 0 Å². The third kappa shape index (κ3) is 3.93. The first-order chi connectivity index (χ1) is 13.6. The molecule has 3 aromatic rings. The number of aliphatic hydroxyl groups excluding tert-OH is 1. The summed E-state index contributed by atoms with van der Waals surface area (Å²) < 4.78 is 5.22. The smallest absolute Gasteiger partial charge is 0.252 e. The molecule has 6 nitrogen and oxygen atoms in total. The fourth-order valence-corrected chi connectivity index (χ4v) is 3.93. The molecule has 1 aliphatic heterocycles. The molecule has 0 saturated carbocycles. The average Bonchev–Trinajstić information content (AvgIpc) is 2.74. The van der Waals surface area contributed by atoms with Crippen LogP contribution in [0.15, 0.2) is 53.5 Å². The number of rotatable bonds is 5. The first kappa shape index (κ1) is 18.7. The summed E-state index contributed by atoms with van der Waals surface area (Å²) in [6, 6.07) is 13.3. The number of methoxy groups -OCH3 is 1. The molecule has 1 atom stereocenters. The number of aromatic amines is 1. The first-order valence-electron chi connectivity index (χ1n) is 9.65. The van der Waals surface area contributed by atoms with E-state index in [1.807, 2.05) is 42.5 Å². The zero-order valence-corrected chi connectivity index (χ0v) is 16.0. The molecule has 1 fully saturated rings. The summed E-state index contributed by atoms with van der Waals surface area (Å²) in [5, 5.41) is 11.6. The second-order valence-electron chi connectivity index (χ2n) is 7.39. The van der Waals surface area contributed by atoms with Crippen molar-refractivity contribution in [3.05, 3.63) is 70.3 Å². The molecule has 1 saturated heterocycles. The van der Waals surface area contributed by atoms with E-state index in [2.05, 4.69) is 14.9 Å². The number of H-pyrrole nitrogens is 1. The fraction of sp³-hybridized carbons (Fsp3) is 0.364. The van der Waals surface area contributed by atoms with Crippen molar-refractivity contribution in [2.45, 2.75) is 25.5 Å². The molecule has 4 rings (SSSR count). The van der Waals surface area contributed by atoms with Gasteiger partial charge in [0.2, 0.25) is 0 Å². The molecule has 146 valence electrons. The Labute approximate surface area is 163 Å². The predicted molar refractivity (Wildman–Crippen MR) is 108 cm³/mol. The molecule has 0 aliphatic carbocycles. The maximum Gasteiger partial charge on any atom is 0.252 e. The molecule has 6 heteroatoms. The van der Waals surface area contributed by atoms with Crippen LogP contribution in [0.2, 0.25) is 0 Å². The zero-order chi connectivity index (χ0) is 19.5. The van der Waals surface area contributed by atoms with Crippen LogP contribution in [0.5, 0.6) is 5.75 Å². The summed E-state index contributed by atoms with van der Waals surface area (Å²) >= 11 is 0. The maximum atomic E-state index is 12.5. The van der Waals surface area contributed by atoms with E-state index in [9.17, 15) is 9.90 Å². The summed E-state index contributed by atoms with van der Waals surface area (Å²) in [6.07, 6.45) is 2.97. The fourth-order valence-electron chi connectivity index (χ4n) is 3.93. The first-order valence-corrected chi connectivity index (χ1v) is 9.65. The van der Waals surface area contributed by atoms with E-state index in [4.69, 9.17) is 4.74 Å². The van der Waals surface area contributed by atoms with E-state index in [0.29, 0.717) is 6.54 Å². The van der Waals surface area contributed by atoms with Gasteiger partial charge in [0.25, 0.3) is 5.56 Å². The lowest BCUT2D eigenvalue weighted by Crippen LogP contribution is -2.36. The molecular weight excluding hydrogens is 354 g/mol. The standard InChI is InChI=1S/C22H25N3O3/c1-28-18-6-5-16-12-17(22(27)24-20(16)13-18)14-25-10-7-15(8-11-25)21(26)19-4-2-3-9-23-19/h2-6,9,12-13,15,21,26H,7-8,10-11,14H2,1H3,(H,24,27)/t21-/m0/s1. The third-order valence-corrected chi connectivity index (χ3v) is 5.59. The van der Waals surface area contributed by atoms with E-state index in [1.54, 1.807) is 13.3 Å². The minimum atomic E-state index is -0.526. The van der Waals surface area contributed by atoms with Crippen molar-refractivity contribution >= 4 is 10.9 Å². The summed E-state index contributed by atoms with van der Waals surface area (Å²) in [4.78, 5) is 22.0. The highest BCUT2D eigenvalue weighted by Crippen LogP contribution is 2.30. The summed E-state index contributed by atoms with van der Waals surface area (Å²) in [6.45, 7) is 2.33. The number of nitrogens with zero attached hydrogens (tertiary/aromatic N) is 2. The van der Waals surface area contributed by atoms with Crippen molar-refractivity contribution in [1.82, 2.24) is 14.9 Å². The van der Waals surface area contributed by atoms with Crippen molar-refractivity contribution in [3.8, 4) is 5.75 Å².